The Morgan fingerprint density at radius 3 is 2.42 bits per heavy atom. The van der Waals surface area contributed by atoms with Gasteiger partial charge in [-0.05, 0) is 38.5 Å². The average Bonchev–Trinajstić information content (AvgIpc) is 2.33. The molecule has 1 rings (SSSR count). The van der Waals surface area contributed by atoms with Crippen molar-refractivity contribution in [3.63, 3.8) is 0 Å². The molecular weight excluding hydrogens is 248 g/mol. The van der Waals surface area contributed by atoms with Gasteiger partial charge in [0.05, 0.1) is 0 Å². The van der Waals surface area contributed by atoms with Crippen molar-refractivity contribution >= 4 is 12.0 Å². The maximum atomic E-state index is 11.3. The van der Waals surface area contributed by atoms with Crippen LogP contribution in [0.3, 0.4) is 0 Å². The van der Waals surface area contributed by atoms with Crippen LogP contribution in [0.2, 0.25) is 0 Å². The third kappa shape index (κ3) is 3.96. The molecule has 0 unspecified atom stereocenters. The van der Waals surface area contributed by atoms with E-state index in [1.54, 1.807) is 44.5 Å². The third-order valence-corrected chi connectivity index (χ3v) is 2.67. The summed E-state index contributed by atoms with van der Waals surface area (Å²) in [7, 11) is 0. The van der Waals surface area contributed by atoms with Crippen molar-refractivity contribution < 1.29 is 19.9 Å². The molecule has 1 aromatic rings. The van der Waals surface area contributed by atoms with Crippen LogP contribution in [0, 0.1) is 0 Å². The van der Waals surface area contributed by atoms with E-state index < -0.39 is 17.5 Å². The molecule has 104 valence electrons. The Bertz CT molecular complexity index is 480. The minimum Gasteiger partial charge on any atom is -0.465 e. The fourth-order valence-electron chi connectivity index (χ4n) is 1.65. The largest absolute Gasteiger partial charge is 0.465 e. The molecule has 0 aliphatic heterocycles. The van der Waals surface area contributed by atoms with Crippen molar-refractivity contribution in [3.8, 4) is 0 Å². The molecular formula is C13H18N2O4. The number of hydrogen-bond acceptors (Lipinski definition) is 3. The lowest BCUT2D eigenvalue weighted by molar-refractivity contribution is 0.0706. The van der Waals surface area contributed by atoms with Gasteiger partial charge in [0.2, 0.25) is 0 Å². The van der Waals surface area contributed by atoms with Crippen LogP contribution in [0.1, 0.15) is 36.7 Å². The van der Waals surface area contributed by atoms with Crippen molar-refractivity contribution in [2.45, 2.75) is 32.9 Å². The van der Waals surface area contributed by atoms with Crippen LogP contribution >= 0.6 is 0 Å². The van der Waals surface area contributed by atoms with Crippen molar-refractivity contribution in [1.82, 2.24) is 10.4 Å². The second-order valence-corrected chi connectivity index (χ2v) is 5.18. The summed E-state index contributed by atoms with van der Waals surface area (Å²) in [5.74, 6) is -0.625. The van der Waals surface area contributed by atoms with Gasteiger partial charge in [-0.2, -0.15) is 0 Å². The fraction of sp³-hybridized carbons (Fsp3) is 0.385. The first-order valence-electron chi connectivity index (χ1n) is 5.79. The Labute approximate surface area is 111 Å². The maximum absolute atomic E-state index is 11.3. The summed E-state index contributed by atoms with van der Waals surface area (Å²) < 4.78 is 0. The first kappa shape index (κ1) is 15.0. The van der Waals surface area contributed by atoms with Crippen LogP contribution in [0.4, 0.5) is 4.79 Å². The van der Waals surface area contributed by atoms with E-state index in [9.17, 15) is 14.7 Å². The predicted molar refractivity (Wildman–Crippen MR) is 69.0 cm³/mol. The summed E-state index contributed by atoms with van der Waals surface area (Å²) in [6.45, 7) is 5.56. The molecule has 0 atom stereocenters. The van der Waals surface area contributed by atoms with E-state index in [1.807, 2.05) is 0 Å². The van der Waals surface area contributed by atoms with Gasteiger partial charge in [-0.1, -0.05) is 12.1 Å². The first-order valence-corrected chi connectivity index (χ1v) is 5.79. The summed E-state index contributed by atoms with van der Waals surface area (Å²) in [6, 6.07) is 6.46. The molecule has 2 amide bonds. The quantitative estimate of drug-likeness (QED) is 0.577. The van der Waals surface area contributed by atoms with E-state index in [0.29, 0.717) is 5.56 Å². The van der Waals surface area contributed by atoms with Crippen molar-refractivity contribution in [1.29, 1.82) is 0 Å². The van der Waals surface area contributed by atoms with Gasteiger partial charge in [0, 0.05) is 17.6 Å². The molecule has 0 bridgehead atoms. The zero-order valence-electron chi connectivity index (χ0n) is 11.2. The Kier molecular flexibility index (Phi) is 4.50. The molecule has 3 N–H and O–H groups in total. The smallest absolute Gasteiger partial charge is 0.408 e. The van der Waals surface area contributed by atoms with E-state index in [0.717, 1.165) is 0 Å². The normalized spacial score (nSPS) is 10.9. The second-order valence-electron chi connectivity index (χ2n) is 5.18. The molecule has 0 fully saturated rings. The third-order valence-electron chi connectivity index (χ3n) is 2.67. The van der Waals surface area contributed by atoms with Crippen LogP contribution in [0.15, 0.2) is 24.3 Å². The van der Waals surface area contributed by atoms with Gasteiger partial charge in [-0.25, -0.2) is 10.3 Å². The Morgan fingerprint density at radius 2 is 1.95 bits per heavy atom. The minimum absolute atomic E-state index is 0.172. The number of rotatable bonds is 3. The zero-order valence-corrected chi connectivity index (χ0v) is 11.2. The molecule has 0 aliphatic carbocycles. The number of nitrogens with one attached hydrogen (secondary N) is 1. The highest BCUT2D eigenvalue weighted by Gasteiger charge is 2.26. The van der Waals surface area contributed by atoms with E-state index in [-0.39, 0.29) is 12.1 Å². The number of amides is 2. The van der Waals surface area contributed by atoms with E-state index in [2.05, 4.69) is 0 Å². The van der Waals surface area contributed by atoms with Crippen molar-refractivity contribution in [2.75, 3.05) is 0 Å². The Morgan fingerprint density at radius 1 is 1.32 bits per heavy atom. The van der Waals surface area contributed by atoms with Crippen molar-refractivity contribution in [2.24, 2.45) is 0 Å². The molecule has 0 saturated carbocycles. The van der Waals surface area contributed by atoms with Crippen LogP contribution in [-0.2, 0) is 6.54 Å². The minimum atomic E-state index is -1.02. The molecule has 0 radical (unpaired) electrons. The van der Waals surface area contributed by atoms with Gasteiger partial charge >= 0.3 is 6.09 Å². The van der Waals surface area contributed by atoms with Crippen LogP contribution < -0.4 is 5.48 Å². The van der Waals surface area contributed by atoms with Gasteiger partial charge < -0.3 is 5.11 Å². The fourth-order valence-corrected chi connectivity index (χ4v) is 1.65. The van der Waals surface area contributed by atoms with Crippen molar-refractivity contribution in [3.05, 3.63) is 35.4 Å². The number of carboxylic acid groups (broad SMARTS) is 1. The summed E-state index contributed by atoms with van der Waals surface area (Å²) in [5, 5.41) is 17.8. The Balaban J connectivity index is 2.98. The highest BCUT2D eigenvalue weighted by atomic mass is 16.5. The van der Waals surface area contributed by atoms with Gasteiger partial charge in [0.25, 0.3) is 5.91 Å². The second kappa shape index (κ2) is 5.71. The number of benzene rings is 1. The van der Waals surface area contributed by atoms with E-state index in [1.165, 1.54) is 11.0 Å². The van der Waals surface area contributed by atoms with Gasteiger partial charge in [0.1, 0.15) is 0 Å². The molecule has 1 aromatic carbocycles. The molecule has 0 spiro atoms. The average molecular weight is 266 g/mol. The lowest BCUT2D eigenvalue weighted by atomic mass is 10.0. The van der Waals surface area contributed by atoms with Crippen LogP contribution in [0.5, 0.6) is 0 Å². The maximum Gasteiger partial charge on any atom is 0.408 e. The lowest BCUT2D eigenvalue weighted by Crippen LogP contribution is -2.44. The zero-order chi connectivity index (χ0) is 14.6. The number of hydrogen-bond donors (Lipinski definition) is 3. The molecule has 0 saturated heterocycles. The number of carbonyl (C=O) groups is 2. The summed E-state index contributed by atoms with van der Waals surface area (Å²) in [4.78, 5) is 23.8. The molecule has 6 heteroatoms. The Hall–Kier alpha value is -2.08. The van der Waals surface area contributed by atoms with E-state index in [4.69, 9.17) is 5.21 Å². The number of carbonyl (C=O) groups excluding carboxylic acids is 1. The molecule has 0 aliphatic rings. The summed E-state index contributed by atoms with van der Waals surface area (Å²) in [6.07, 6.45) is -1.02. The van der Waals surface area contributed by atoms with Gasteiger partial charge in [0.15, 0.2) is 0 Å². The van der Waals surface area contributed by atoms with Gasteiger partial charge in [-0.3, -0.25) is 14.9 Å². The predicted octanol–water partition coefficient (Wildman–Crippen LogP) is 2.08. The summed E-state index contributed by atoms with van der Waals surface area (Å²) >= 11 is 0. The topological polar surface area (TPSA) is 89.9 Å². The lowest BCUT2D eigenvalue weighted by Gasteiger charge is -2.33. The SMILES string of the molecule is CC(C)(C)N(Cc1cccc(C(=O)NO)c1)C(=O)O. The van der Waals surface area contributed by atoms with Crippen LogP contribution in [0.25, 0.3) is 0 Å². The summed E-state index contributed by atoms with van der Waals surface area (Å²) in [5.41, 5.74) is 1.96. The highest BCUT2D eigenvalue weighted by molar-refractivity contribution is 5.93. The highest BCUT2D eigenvalue weighted by Crippen LogP contribution is 2.18. The molecule has 6 nitrogen and oxygen atoms in total. The van der Waals surface area contributed by atoms with Gasteiger partial charge in [-0.15, -0.1) is 0 Å². The number of nitrogens with zero attached hydrogens (tertiary/aromatic N) is 1. The molecule has 0 heterocycles. The standard InChI is InChI=1S/C13H18N2O4/c1-13(2,3)15(12(17)18)8-9-5-4-6-10(7-9)11(16)14-19/h4-7,19H,8H2,1-3H3,(H,14,16)(H,17,18). The molecule has 19 heavy (non-hydrogen) atoms. The number of hydroxylamine groups is 1. The molecule has 0 aromatic heterocycles. The van der Waals surface area contributed by atoms with Crippen LogP contribution in [-0.4, -0.2) is 32.8 Å². The monoisotopic (exact) mass is 266 g/mol. The first-order chi connectivity index (χ1) is 8.75. The van der Waals surface area contributed by atoms with E-state index >= 15 is 0 Å².